The summed E-state index contributed by atoms with van der Waals surface area (Å²) in [6, 6.07) is 0. The first kappa shape index (κ1) is 7.54. The number of allylic oxidation sites excluding steroid dienone is 1. The number of nitrogens with two attached hydrogens (primary N) is 1. The lowest BCUT2D eigenvalue weighted by Gasteiger charge is -2.00. The second-order valence-electron chi connectivity index (χ2n) is 2.48. The van der Waals surface area contributed by atoms with Crippen molar-refractivity contribution in [2.75, 3.05) is 0 Å². The fraction of sp³-hybridized carbons (Fsp3) is 0.286. The van der Waals surface area contributed by atoms with Crippen LogP contribution in [-0.2, 0) is 4.79 Å². The van der Waals surface area contributed by atoms with Gasteiger partial charge in [-0.1, -0.05) is 11.8 Å². The minimum atomic E-state index is -0.437. The molecule has 0 aromatic rings. The first-order chi connectivity index (χ1) is 5.77. The van der Waals surface area contributed by atoms with Crippen molar-refractivity contribution in [3.8, 4) is 0 Å². The van der Waals surface area contributed by atoms with Crippen LogP contribution in [0.5, 0.6) is 0 Å². The molecule has 0 saturated carbocycles. The zero-order chi connectivity index (χ0) is 8.55. The SMILES string of the molecule is NC(=O)C1N=C2CC=NC=C2S1. The molecule has 1 unspecified atom stereocenters. The Balaban J connectivity index is 2.25. The maximum absolute atomic E-state index is 10.8. The summed E-state index contributed by atoms with van der Waals surface area (Å²) in [7, 11) is 0. The summed E-state index contributed by atoms with van der Waals surface area (Å²) in [4.78, 5) is 19.9. The van der Waals surface area contributed by atoms with Gasteiger partial charge in [0.15, 0.2) is 5.37 Å². The highest BCUT2D eigenvalue weighted by molar-refractivity contribution is 8.05. The third-order valence-corrected chi connectivity index (χ3v) is 2.78. The second kappa shape index (κ2) is 2.75. The number of rotatable bonds is 1. The number of fused-ring (bicyclic) bond motifs is 1. The molecule has 5 heteroatoms. The second-order valence-corrected chi connectivity index (χ2v) is 3.60. The van der Waals surface area contributed by atoms with Crippen LogP contribution >= 0.6 is 11.8 Å². The smallest absolute Gasteiger partial charge is 0.252 e. The van der Waals surface area contributed by atoms with Gasteiger partial charge in [-0.3, -0.25) is 14.8 Å². The van der Waals surface area contributed by atoms with E-state index < -0.39 is 5.37 Å². The van der Waals surface area contributed by atoms with Crippen molar-refractivity contribution in [3.63, 3.8) is 0 Å². The number of hydrogen-bond acceptors (Lipinski definition) is 4. The third-order valence-electron chi connectivity index (χ3n) is 1.62. The quantitative estimate of drug-likeness (QED) is 0.632. The Bertz CT molecular complexity index is 319. The van der Waals surface area contributed by atoms with Crippen LogP contribution in [0.25, 0.3) is 0 Å². The number of thioether (sulfide) groups is 1. The van der Waals surface area contributed by atoms with Crippen LogP contribution in [0.2, 0.25) is 0 Å². The van der Waals surface area contributed by atoms with E-state index in [-0.39, 0.29) is 5.91 Å². The molecule has 0 saturated heterocycles. The number of amides is 1. The standard InChI is InChI=1S/C7H7N3OS/c8-6(11)7-10-4-1-2-9-3-5(4)12-7/h2-3,7H,1H2,(H2,8,11). The van der Waals surface area contributed by atoms with E-state index in [0.717, 1.165) is 10.6 Å². The van der Waals surface area contributed by atoms with E-state index in [9.17, 15) is 4.79 Å². The molecule has 0 fully saturated rings. The summed E-state index contributed by atoms with van der Waals surface area (Å²) < 4.78 is 0. The van der Waals surface area contributed by atoms with E-state index >= 15 is 0 Å². The minimum absolute atomic E-state index is 0.386. The van der Waals surface area contributed by atoms with Crippen LogP contribution in [0, 0.1) is 0 Å². The molecule has 2 aliphatic rings. The Labute approximate surface area is 73.6 Å². The molecule has 0 radical (unpaired) electrons. The van der Waals surface area contributed by atoms with Gasteiger partial charge in [0.1, 0.15) is 0 Å². The molecular weight excluding hydrogens is 174 g/mol. The molecule has 0 spiro atoms. The lowest BCUT2D eigenvalue weighted by atomic mass is 10.2. The fourth-order valence-corrected chi connectivity index (χ4v) is 1.99. The number of hydrogen-bond donors (Lipinski definition) is 1. The Kier molecular flexibility index (Phi) is 1.73. The van der Waals surface area contributed by atoms with Crippen LogP contribution in [0.4, 0.5) is 0 Å². The van der Waals surface area contributed by atoms with Crippen molar-refractivity contribution >= 4 is 29.6 Å². The minimum Gasteiger partial charge on any atom is -0.367 e. The van der Waals surface area contributed by atoms with Gasteiger partial charge < -0.3 is 5.73 Å². The van der Waals surface area contributed by atoms with E-state index in [0.29, 0.717) is 6.42 Å². The molecular formula is C7H7N3OS. The van der Waals surface area contributed by atoms with Crippen molar-refractivity contribution in [3.05, 3.63) is 11.1 Å². The Morgan fingerprint density at radius 3 is 3.25 bits per heavy atom. The van der Waals surface area contributed by atoms with Crippen molar-refractivity contribution < 1.29 is 4.79 Å². The van der Waals surface area contributed by atoms with Gasteiger partial charge in [0, 0.05) is 23.7 Å². The molecule has 0 aromatic heterocycles. The van der Waals surface area contributed by atoms with Crippen molar-refractivity contribution in [2.45, 2.75) is 11.8 Å². The zero-order valence-corrected chi connectivity index (χ0v) is 7.04. The Morgan fingerprint density at radius 1 is 1.75 bits per heavy atom. The van der Waals surface area contributed by atoms with Crippen LogP contribution in [0.3, 0.4) is 0 Å². The summed E-state index contributed by atoms with van der Waals surface area (Å²) in [5, 5.41) is -0.437. The summed E-state index contributed by atoms with van der Waals surface area (Å²) in [6.07, 6.45) is 4.20. The Hall–Kier alpha value is -1.10. The van der Waals surface area contributed by atoms with E-state index in [4.69, 9.17) is 5.73 Å². The molecule has 0 aromatic carbocycles. The normalized spacial score (nSPS) is 26.2. The van der Waals surface area contributed by atoms with E-state index in [1.807, 2.05) is 0 Å². The summed E-state index contributed by atoms with van der Waals surface area (Å²) in [5.74, 6) is -0.386. The molecule has 2 rings (SSSR count). The number of nitrogens with zero attached hydrogens (tertiary/aromatic N) is 2. The monoisotopic (exact) mass is 181 g/mol. The molecule has 1 amide bonds. The molecule has 0 aliphatic carbocycles. The molecule has 2 heterocycles. The average molecular weight is 181 g/mol. The first-order valence-electron chi connectivity index (χ1n) is 3.52. The van der Waals surface area contributed by atoms with Crippen molar-refractivity contribution in [1.82, 2.24) is 0 Å². The number of carbonyl (C=O) groups is 1. The van der Waals surface area contributed by atoms with Crippen LogP contribution in [0.1, 0.15) is 6.42 Å². The first-order valence-corrected chi connectivity index (χ1v) is 4.40. The lowest BCUT2D eigenvalue weighted by molar-refractivity contribution is -0.117. The van der Waals surface area contributed by atoms with E-state index in [2.05, 4.69) is 9.98 Å². The van der Waals surface area contributed by atoms with Gasteiger partial charge in [0.05, 0.1) is 5.71 Å². The molecule has 0 bridgehead atoms. The maximum atomic E-state index is 10.8. The highest BCUT2D eigenvalue weighted by atomic mass is 32.2. The van der Waals surface area contributed by atoms with Crippen molar-refractivity contribution in [2.24, 2.45) is 15.7 Å². The topological polar surface area (TPSA) is 67.8 Å². The summed E-state index contributed by atoms with van der Waals surface area (Å²) >= 11 is 1.37. The van der Waals surface area contributed by atoms with Crippen molar-refractivity contribution in [1.29, 1.82) is 0 Å². The predicted octanol–water partition coefficient (Wildman–Crippen LogP) is 0.302. The number of carbonyl (C=O) groups excluding carboxylic acids is 1. The summed E-state index contributed by atoms with van der Waals surface area (Å²) in [5.41, 5.74) is 6.05. The van der Waals surface area contributed by atoms with Gasteiger partial charge in [0.2, 0.25) is 0 Å². The zero-order valence-electron chi connectivity index (χ0n) is 6.23. The maximum Gasteiger partial charge on any atom is 0.252 e. The van der Waals surface area contributed by atoms with Gasteiger partial charge in [-0.25, -0.2) is 0 Å². The fourth-order valence-electron chi connectivity index (χ4n) is 1.06. The van der Waals surface area contributed by atoms with E-state index in [1.54, 1.807) is 12.4 Å². The predicted molar refractivity (Wildman–Crippen MR) is 49.2 cm³/mol. The molecule has 62 valence electrons. The molecule has 4 nitrogen and oxygen atoms in total. The van der Waals surface area contributed by atoms with Gasteiger partial charge >= 0.3 is 0 Å². The third kappa shape index (κ3) is 1.16. The Morgan fingerprint density at radius 2 is 2.58 bits per heavy atom. The highest BCUT2D eigenvalue weighted by Crippen LogP contribution is 2.33. The highest BCUT2D eigenvalue weighted by Gasteiger charge is 2.27. The summed E-state index contributed by atoms with van der Waals surface area (Å²) in [6.45, 7) is 0. The largest absolute Gasteiger partial charge is 0.367 e. The lowest BCUT2D eigenvalue weighted by Crippen LogP contribution is -2.22. The number of primary amides is 1. The van der Waals surface area contributed by atoms with Gasteiger partial charge in [0.25, 0.3) is 5.91 Å². The van der Waals surface area contributed by atoms with Gasteiger partial charge in [-0.15, -0.1) is 0 Å². The molecule has 2 aliphatic heterocycles. The van der Waals surface area contributed by atoms with Gasteiger partial charge in [-0.2, -0.15) is 0 Å². The van der Waals surface area contributed by atoms with Crippen LogP contribution < -0.4 is 5.73 Å². The molecule has 2 N–H and O–H groups in total. The van der Waals surface area contributed by atoms with Crippen LogP contribution in [-0.4, -0.2) is 23.2 Å². The van der Waals surface area contributed by atoms with E-state index in [1.165, 1.54) is 11.8 Å². The average Bonchev–Trinajstić information content (AvgIpc) is 2.46. The van der Waals surface area contributed by atoms with Crippen LogP contribution in [0.15, 0.2) is 21.1 Å². The molecule has 12 heavy (non-hydrogen) atoms. The molecule has 1 atom stereocenters. The van der Waals surface area contributed by atoms with Gasteiger partial charge in [-0.05, 0) is 0 Å². The number of aliphatic imine (C=N–C) groups is 2.